The third kappa shape index (κ3) is 2.02. The Morgan fingerprint density at radius 1 is 1.16 bits per heavy atom. The Balaban J connectivity index is 1.59. The van der Waals surface area contributed by atoms with Crippen molar-refractivity contribution in [3.05, 3.63) is 12.3 Å². The first-order valence-corrected chi connectivity index (χ1v) is 8.04. The molecule has 1 unspecified atom stereocenters. The SMILES string of the molecule is CC1(O)C=CN2C[C@@H]3C[C@@H](CN4CCCC[C@@H]34)[C@H]2C1. The van der Waals surface area contributed by atoms with E-state index in [0.29, 0.717) is 6.04 Å². The minimum Gasteiger partial charge on any atom is -0.386 e. The van der Waals surface area contributed by atoms with E-state index in [2.05, 4.69) is 16.0 Å². The van der Waals surface area contributed by atoms with Gasteiger partial charge in [0.15, 0.2) is 0 Å². The Labute approximate surface area is 116 Å². The zero-order valence-electron chi connectivity index (χ0n) is 12.0. The second-order valence-electron chi connectivity index (χ2n) is 7.46. The fourth-order valence-electron chi connectivity index (χ4n) is 5.05. The zero-order chi connectivity index (χ0) is 13.0. The van der Waals surface area contributed by atoms with Crippen LogP contribution >= 0.6 is 0 Å². The summed E-state index contributed by atoms with van der Waals surface area (Å²) in [7, 11) is 0. The first-order valence-electron chi connectivity index (χ1n) is 8.04. The lowest BCUT2D eigenvalue weighted by atomic mass is 9.70. The topological polar surface area (TPSA) is 26.7 Å². The monoisotopic (exact) mass is 262 g/mol. The molecule has 106 valence electrons. The van der Waals surface area contributed by atoms with Gasteiger partial charge in [-0.15, -0.1) is 0 Å². The van der Waals surface area contributed by atoms with Crippen molar-refractivity contribution in [1.82, 2.24) is 9.80 Å². The zero-order valence-corrected chi connectivity index (χ0v) is 12.0. The van der Waals surface area contributed by atoms with Gasteiger partial charge >= 0.3 is 0 Å². The first kappa shape index (κ1) is 12.2. The molecule has 0 amide bonds. The second-order valence-corrected chi connectivity index (χ2v) is 7.46. The quantitative estimate of drug-likeness (QED) is 0.721. The summed E-state index contributed by atoms with van der Waals surface area (Å²) in [5, 5.41) is 10.3. The summed E-state index contributed by atoms with van der Waals surface area (Å²) >= 11 is 0. The molecule has 4 aliphatic heterocycles. The Morgan fingerprint density at radius 2 is 2.00 bits per heavy atom. The van der Waals surface area contributed by atoms with E-state index in [1.165, 1.54) is 45.3 Å². The van der Waals surface area contributed by atoms with Gasteiger partial charge in [0.05, 0.1) is 5.60 Å². The van der Waals surface area contributed by atoms with E-state index in [0.717, 1.165) is 24.3 Å². The van der Waals surface area contributed by atoms with Gasteiger partial charge in [-0.3, -0.25) is 4.90 Å². The highest BCUT2D eigenvalue weighted by molar-refractivity contribution is 5.12. The lowest BCUT2D eigenvalue weighted by molar-refractivity contribution is -0.0699. The molecule has 0 aromatic carbocycles. The molecule has 5 atom stereocenters. The number of hydrogen-bond donors (Lipinski definition) is 1. The van der Waals surface area contributed by atoms with Crippen LogP contribution in [-0.2, 0) is 0 Å². The molecule has 2 bridgehead atoms. The molecule has 0 aromatic heterocycles. The summed E-state index contributed by atoms with van der Waals surface area (Å²) < 4.78 is 0. The Kier molecular flexibility index (Phi) is 2.72. The molecule has 4 aliphatic rings. The average molecular weight is 262 g/mol. The predicted molar refractivity (Wildman–Crippen MR) is 75.7 cm³/mol. The number of piperidine rings is 3. The molecule has 3 nitrogen and oxygen atoms in total. The molecular formula is C16H26N2O. The predicted octanol–water partition coefficient (Wildman–Crippen LogP) is 1.83. The van der Waals surface area contributed by atoms with E-state index in [9.17, 15) is 5.11 Å². The van der Waals surface area contributed by atoms with Crippen LogP contribution in [0.15, 0.2) is 12.3 Å². The number of fused-ring (bicyclic) bond motifs is 6. The van der Waals surface area contributed by atoms with Crippen LogP contribution in [-0.4, -0.2) is 52.2 Å². The van der Waals surface area contributed by atoms with Crippen molar-refractivity contribution in [2.75, 3.05) is 19.6 Å². The van der Waals surface area contributed by atoms with Gasteiger partial charge < -0.3 is 10.0 Å². The van der Waals surface area contributed by atoms with E-state index in [1.54, 1.807) is 0 Å². The summed E-state index contributed by atoms with van der Waals surface area (Å²) in [4.78, 5) is 5.31. The van der Waals surface area contributed by atoms with Crippen LogP contribution in [0.25, 0.3) is 0 Å². The molecule has 3 saturated heterocycles. The van der Waals surface area contributed by atoms with Gasteiger partial charge in [-0.25, -0.2) is 0 Å². The minimum atomic E-state index is -0.591. The summed E-state index contributed by atoms with van der Waals surface area (Å²) in [6.07, 6.45) is 10.7. The third-order valence-corrected chi connectivity index (χ3v) is 5.95. The van der Waals surface area contributed by atoms with Gasteiger partial charge in [0, 0.05) is 31.6 Å². The maximum atomic E-state index is 10.3. The number of nitrogens with zero attached hydrogens (tertiary/aromatic N) is 2. The van der Waals surface area contributed by atoms with Gasteiger partial charge in [-0.2, -0.15) is 0 Å². The van der Waals surface area contributed by atoms with Crippen molar-refractivity contribution in [1.29, 1.82) is 0 Å². The van der Waals surface area contributed by atoms with Crippen LogP contribution in [0.1, 0.15) is 39.0 Å². The molecular weight excluding hydrogens is 236 g/mol. The van der Waals surface area contributed by atoms with Crippen LogP contribution in [0.4, 0.5) is 0 Å². The highest BCUT2D eigenvalue weighted by atomic mass is 16.3. The molecule has 0 spiro atoms. The van der Waals surface area contributed by atoms with E-state index >= 15 is 0 Å². The van der Waals surface area contributed by atoms with E-state index in [-0.39, 0.29) is 0 Å². The maximum absolute atomic E-state index is 10.3. The molecule has 4 heterocycles. The molecule has 0 radical (unpaired) electrons. The fourth-order valence-corrected chi connectivity index (χ4v) is 5.05. The number of rotatable bonds is 0. The van der Waals surface area contributed by atoms with Gasteiger partial charge in [0.25, 0.3) is 0 Å². The molecule has 1 N–H and O–H groups in total. The minimum absolute atomic E-state index is 0.569. The normalized spacial score (nSPS) is 49.7. The second kappa shape index (κ2) is 4.23. The molecule has 0 saturated carbocycles. The largest absolute Gasteiger partial charge is 0.386 e. The number of hydrogen-bond acceptors (Lipinski definition) is 3. The standard InChI is InChI=1S/C16H26N2O/c1-16(19)5-7-18-10-12-8-13(15(18)9-16)11-17-6-3-2-4-14(12)17/h5,7,12-15,19H,2-4,6,8-11H2,1H3/t12-,13-,14-,15+,16?/m0/s1. The highest BCUT2D eigenvalue weighted by Crippen LogP contribution is 2.43. The van der Waals surface area contributed by atoms with Crippen molar-refractivity contribution >= 4 is 0 Å². The maximum Gasteiger partial charge on any atom is 0.0836 e. The van der Waals surface area contributed by atoms with E-state index < -0.39 is 5.60 Å². The van der Waals surface area contributed by atoms with Crippen LogP contribution in [0.5, 0.6) is 0 Å². The van der Waals surface area contributed by atoms with Gasteiger partial charge in [0.2, 0.25) is 0 Å². The lowest BCUT2D eigenvalue weighted by Gasteiger charge is -2.57. The van der Waals surface area contributed by atoms with Gasteiger partial charge in [-0.1, -0.05) is 6.42 Å². The Morgan fingerprint density at radius 3 is 2.89 bits per heavy atom. The third-order valence-electron chi connectivity index (χ3n) is 5.95. The van der Waals surface area contributed by atoms with Crippen molar-refractivity contribution < 1.29 is 5.11 Å². The number of aliphatic hydroxyl groups is 1. The summed E-state index contributed by atoms with van der Waals surface area (Å²) in [6, 6.07) is 1.42. The van der Waals surface area contributed by atoms with Gasteiger partial charge in [0.1, 0.15) is 0 Å². The molecule has 0 aliphatic carbocycles. The summed E-state index contributed by atoms with van der Waals surface area (Å²) in [5.74, 6) is 1.63. The molecule has 0 aromatic rings. The first-order chi connectivity index (χ1) is 9.12. The van der Waals surface area contributed by atoms with Crippen LogP contribution < -0.4 is 0 Å². The Hall–Kier alpha value is -0.540. The fraction of sp³-hybridized carbons (Fsp3) is 0.875. The smallest absolute Gasteiger partial charge is 0.0836 e. The summed E-state index contributed by atoms with van der Waals surface area (Å²) in [5.41, 5.74) is -0.591. The molecule has 4 rings (SSSR count). The van der Waals surface area contributed by atoms with Crippen molar-refractivity contribution in [2.45, 2.75) is 56.7 Å². The van der Waals surface area contributed by atoms with Crippen molar-refractivity contribution in [2.24, 2.45) is 11.8 Å². The molecule has 3 heteroatoms. The lowest BCUT2D eigenvalue weighted by Crippen LogP contribution is -2.63. The average Bonchev–Trinajstić information content (AvgIpc) is 2.40. The highest BCUT2D eigenvalue weighted by Gasteiger charge is 2.47. The Bertz CT molecular complexity index is 392. The van der Waals surface area contributed by atoms with Crippen molar-refractivity contribution in [3.8, 4) is 0 Å². The van der Waals surface area contributed by atoms with Crippen LogP contribution in [0.3, 0.4) is 0 Å². The van der Waals surface area contributed by atoms with Crippen LogP contribution in [0.2, 0.25) is 0 Å². The molecule has 3 fully saturated rings. The molecule has 19 heavy (non-hydrogen) atoms. The summed E-state index contributed by atoms with van der Waals surface area (Å²) in [6.45, 7) is 5.76. The van der Waals surface area contributed by atoms with E-state index in [4.69, 9.17) is 0 Å². The van der Waals surface area contributed by atoms with Gasteiger partial charge in [-0.05, 0) is 56.8 Å². The van der Waals surface area contributed by atoms with Crippen molar-refractivity contribution in [3.63, 3.8) is 0 Å². The van der Waals surface area contributed by atoms with Crippen LogP contribution in [0, 0.1) is 11.8 Å². The van der Waals surface area contributed by atoms with E-state index in [1.807, 2.05) is 13.0 Å².